The highest BCUT2D eigenvalue weighted by Gasteiger charge is 2.08. The average molecular weight is 307 g/mol. The fourth-order valence-corrected chi connectivity index (χ4v) is 2.30. The van der Waals surface area contributed by atoms with Gasteiger partial charge in [0.1, 0.15) is 6.61 Å². The Morgan fingerprint density at radius 3 is 2.78 bits per heavy atom. The molecule has 0 saturated heterocycles. The zero-order valence-electron chi connectivity index (χ0n) is 12.8. The van der Waals surface area contributed by atoms with E-state index in [1.54, 1.807) is 12.4 Å². The lowest BCUT2D eigenvalue weighted by atomic mass is 10.1. The molecule has 0 bridgehead atoms. The number of hydrogen-bond acceptors (Lipinski definition) is 4. The van der Waals surface area contributed by atoms with Gasteiger partial charge >= 0.3 is 5.97 Å². The van der Waals surface area contributed by atoms with Gasteiger partial charge in [0.2, 0.25) is 0 Å². The standard InChI is InChI=1S/C18H17N3O2/c1-13-3-2-4-14(9-13)10-18(22)23-12-16-11-17(21-20-16)15-5-7-19-8-6-15/h2-9,11H,10,12H2,1H3,(H,20,21). The molecule has 0 spiro atoms. The van der Waals surface area contributed by atoms with Crippen LogP contribution >= 0.6 is 0 Å². The Bertz CT molecular complexity index is 797. The Labute approximate surface area is 134 Å². The van der Waals surface area contributed by atoms with E-state index in [2.05, 4.69) is 15.2 Å². The van der Waals surface area contributed by atoms with E-state index in [1.165, 1.54) is 0 Å². The molecule has 0 saturated carbocycles. The average Bonchev–Trinajstić information content (AvgIpc) is 3.03. The van der Waals surface area contributed by atoms with E-state index in [1.807, 2.05) is 49.4 Å². The number of aryl methyl sites for hydroxylation is 1. The molecule has 3 rings (SSSR count). The maximum Gasteiger partial charge on any atom is 0.310 e. The molecule has 0 atom stereocenters. The number of carbonyl (C=O) groups is 1. The predicted octanol–water partition coefficient (Wildman–Crippen LogP) is 3.07. The minimum atomic E-state index is -0.254. The maximum atomic E-state index is 11.9. The first kappa shape index (κ1) is 15.0. The number of benzene rings is 1. The molecule has 0 radical (unpaired) electrons. The number of pyridine rings is 1. The Hall–Kier alpha value is -2.95. The quantitative estimate of drug-likeness (QED) is 0.736. The van der Waals surface area contributed by atoms with Gasteiger partial charge in [0, 0.05) is 18.0 Å². The number of nitrogens with zero attached hydrogens (tertiary/aromatic N) is 2. The largest absolute Gasteiger partial charge is 0.459 e. The van der Waals surface area contributed by atoms with Gasteiger partial charge in [-0.1, -0.05) is 29.8 Å². The summed E-state index contributed by atoms with van der Waals surface area (Å²) < 4.78 is 5.30. The second-order valence-corrected chi connectivity index (χ2v) is 5.34. The van der Waals surface area contributed by atoms with Gasteiger partial charge in [0.15, 0.2) is 0 Å². The van der Waals surface area contributed by atoms with Gasteiger partial charge in [0.25, 0.3) is 0 Å². The molecule has 1 aromatic carbocycles. The van der Waals surface area contributed by atoms with Crippen molar-refractivity contribution in [2.45, 2.75) is 20.0 Å². The topological polar surface area (TPSA) is 67.9 Å². The first-order chi connectivity index (χ1) is 11.2. The van der Waals surface area contributed by atoms with Gasteiger partial charge in [-0.15, -0.1) is 0 Å². The summed E-state index contributed by atoms with van der Waals surface area (Å²) in [4.78, 5) is 15.9. The van der Waals surface area contributed by atoms with Gasteiger partial charge < -0.3 is 4.74 Å². The van der Waals surface area contributed by atoms with Gasteiger partial charge in [-0.05, 0) is 30.7 Å². The van der Waals surface area contributed by atoms with Crippen LogP contribution in [-0.4, -0.2) is 21.2 Å². The van der Waals surface area contributed by atoms with Crippen molar-refractivity contribution in [2.75, 3.05) is 0 Å². The molecule has 0 aliphatic rings. The number of aromatic amines is 1. The first-order valence-corrected chi connectivity index (χ1v) is 7.36. The molecular formula is C18H17N3O2. The van der Waals surface area contributed by atoms with Crippen LogP contribution in [0.5, 0.6) is 0 Å². The summed E-state index contributed by atoms with van der Waals surface area (Å²) in [7, 11) is 0. The lowest BCUT2D eigenvalue weighted by molar-refractivity contribution is -0.144. The van der Waals surface area contributed by atoms with E-state index in [4.69, 9.17) is 4.74 Å². The molecular weight excluding hydrogens is 290 g/mol. The van der Waals surface area contributed by atoms with Gasteiger partial charge in [-0.2, -0.15) is 5.10 Å². The maximum absolute atomic E-state index is 11.9. The molecule has 5 nitrogen and oxygen atoms in total. The van der Waals surface area contributed by atoms with Gasteiger partial charge in [-0.3, -0.25) is 14.9 Å². The van der Waals surface area contributed by atoms with Crippen molar-refractivity contribution in [3.8, 4) is 11.3 Å². The molecule has 2 aromatic heterocycles. The summed E-state index contributed by atoms with van der Waals surface area (Å²) in [5.41, 5.74) is 4.61. The molecule has 23 heavy (non-hydrogen) atoms. The number of hydrogen-bond donors (Lipinski definition) is 1. The zero-order chi connectivity index (χ0) is 16.1. The van der Waals surface area contributed by atoms with E-state index in [0.29, 0.717) is 0 Å². The highest BCUT2D eigenvalue weighted by molar-refractivity contribution is 5.72. The number of H-pyrrole nitrogens is 1. The number of nitrogens with one attached hydrogen (secondary N) is 1. The molecule has 1 N–H and O–H groups in total. The summed E-state index contributed by atoms with van der Waals surface area (Å²) in [6.45, 7) is 2.18. The summed E-state index contributed by atoms with van der Waals surface area (Å²) in [6.07, 6.45) is 3.70. The van der Waals surface area contributed by atoms with E-state index < -0.39 is 0 Å². The molecule has 0 fully saturated rings. The summed E-state index contributed by atoms with van der Waals surface area (Å²) in [6, 6.07) is 13.5. The predicted molar refractivity (Wildman–Crippen MR) is 86.5 cm³/mol. The monoisotopic (exact) mass is 307 g/mol. The molecule has 0 aliphatic heterocycles. The number of aromatic nitrogens is 3. The number of ether oxygens (including phenoxy) is 1. The lowest BCUT2D eigenvalue weighted by Gasteiger charge is -2.04. The Morgan fingerprint density at radius 2 is 2.00 bits per heavy atom. The summed E-state index contributed by atoms with van der Waals surface area (Å²) in [5.74, 6) is -0.254. The van der Waals surface area contributed by atoms with Crippen molar-refractivity contribution in [1.82, 2.24) is 15.2 Å². The molecule has 2 heterocycles. The highest BCUT2D eigenvalue weighted by Crippen LogP contribution is 2.16. The van der Waals surface area contributed by atoms with Crippen LogP contribution in [0.1, 0.15) is 16.8 Å². The van der Waals surface area contributed by atoms with Gasteiger partial charge in [0.05, 0.1) is 17.8 Å². The normalized spacial score (nSPS) is 10.5. The molecule has 116 valence electrons. The second kappa shape index (κ2) is 6.87. The van der Waals surface area contributed by atoms with Crippen LogP contribution in [0.2, 0.25) is 0 Å². The van der Waals surface area contributed by atoms with Crippen LogP contribution in [-0.2, 0) is 22.6 Å². The van der Waals surface area contributed by atoms with Crippen LogP contribution in [0, 0.1) is 6.92 Å². The molecule has 3 aromatic rings. The third-order valence-corrected chi connectivity index (χ3v) is 3.43. The van der Waals surface area contributed by atoms with Crippen molar-refractivity contribution in [1.29, 1.82) is 0 Å². The SMILES string of the molecule is Cc1cccc(CC(=O)OCc2cc(-c3ccncc3)n[nH]2)c1. The van der Waals surface area contributed by atoms with Crippen molar-refractivity contribution in [3.63, 3.8) is 0 Å². The fourth-order valence-electron chi connectivity index (χ4n) is 2.30. The smallest absolute Gasteiger partial charge is 0.310 e. The Kier molecular flexibility index (Phi) is 4.47. The first-order valence-electron chi connectivity index (χ1n) is 7.36. The third kappa shape index (κ3) is 4.03. The Morgan fingerprint density at radius 1 is 1.17 bits per heavy atom. The van der Waals surface area contributed by atoms with E-state index in [9.17, 15) is 4.79 Å². The van der Waals surface area contributed by atoms with E-state index >= 15 is 0 Å². The Balaban J connectivity index is 1.56. The van der Waals surface area contributed by atoms with E-state index in [-0.39, 0.29) is 19.0 Å². The fraction of sp³-hybridized carbons (Fsp3) is 0.167. The molecule has 0 amide bonds. The summed E-state index contributed by atoms with van der Waals surface area (Å²) >= 11 is 0. The molecule has 0 aliphatic carbocycles. The highest BCUT2D eigenvalue weighted by atomic mass is 16.5. The summed E-state index contributed by atoms with van der Waals surface area (Å²) in [5, 5.41) is 7.10. The second-order valence-electron chi connectivity index (χ2n) is 5.34. The molecule has 5 heteroatoms. The van der Waals surface area contributed by atoms with Crippen LogP contribution in [0.15, 0.2) is 54.9 Å². The third-order valence-electron chi connectivity index (χ3n) is 3.43. The van der Waals surface area contributed by atoms with Gasteiger partial charge in [-0.25, -0.2) is 0 Å². The lowest BCUT2D eigenvalue weighted by Crippen LogP contribution is -2.08. The minimum Gasteiger partial charge on any atom is -0.459 e. The van der Waals surface area contributed by atoms with Crippen LogP contribution in [0.3, 0.4) is 0 Å². The minimum absolute atomic E-state index is 0.183. The number of carbonyl (C=O) groups excluding carboxylic acids is 1. The number of esters is 1. The van der Waals surface area contributed by atoms with Crippen LogP contribution < -0.4 is 0 Å². The van der Waals surface area contributed by atoms with Crippen molar-refractivity contribution >= 4 is 5.97 Å². The van der Waals surface area contributed by atoms with Crippen molar-refractivity contribution in [3.05, 3.63) is 71.7 Å². The molecule has 0 unspecified atom stereocenters. The van der Waals surface area contributed by atoms with E-state index in [0.717, 1.165) is 28.1 Å². The van der Waals surface area contributed by atoms with Crippen molar-refractivity contribution < 1.29 is 9.53 Å². The van der Waals surface area contributed by atoms with Crippen LogP contribution in [0.4, 0.5) is 0 Å². The zero-order valence-corrected chi connectivity index (χ0v) is 12.8. The number of rotatable bonds is 5. The van der Waals surface area contributed by atoms with Crippen LogP contribution in [0.25, 0.3) is 11.3 Å². The van der Waals surface area contributed by atoms with Crippen molar-refractivity contribution in [2.24, 2.45) is 0 Å².